The third kappa shape index (κ3) is 3.81. The fourth-order valence-electron chi connectivity index (χ4n) is 1.35. The van der Waals surface area contributed by atoms with Crippen molar-refractivity contribution in [3.63, 3.8) is 0 Å². The lowest BCUT2D eigenvalue weighted by Crippen LogP contribution is -2.30. The number of ether oxygens (including phenoxy) is 1. The summed E-state index contributed by atoms with van der Waals surface area (Å²) in [5, 5.41) is 6.62. The Balaban J connectivity index is 2.79. The number of carbonyl (C=O) groups is 1. The second kappa shape index (κ2) is 5.40. The molecule has 5 nitrogen and oxygen atoms in total. The average Bonchev–Trinajstić information content (AvgIpc) is 2.65. The number of nitrogens with one attached hydrogen (secondary N) is 1. The molecule has 1 heterocycles. The molecule has 102 valence electrons. The molecule has 0 aromatic carbocycles. The van der Waals surface area contributed by atoms with Gasteiger partial charge in [-0.05, 0) is 13.8 Å². The van der Waals surface area contributed by atoms with Crippen molar-refractivity contribution in [1.82, 2.24) is 5.16 Å². The Hall–Kier alpha value is -0.880. The van der Waals surface area contributed by atoms with Crippen molar-refractivity contribution in [2.24, 2.45) is 0 Å². The van der Waals surface area contributed by atoms with E-state index in [1.165, 1.54) is 0 Å². The first kappa shape index (κ1) is 15.2. The van der Waals surface area contributed by atoms with Crippen molar-refractivity contribution in [2.45, 2.75) is 37.4 Å². The summed E-state index contributed by atoms with van der Waals surface area (Å²) in [6.07, 6.45) is 0. The highest BCUT2D eigenvalue weighted by molar-refractivity contribution is 9.10. The van der Waals surface area contributed by atoms with E-state index in [2.05, 4.69) is 26.4 Å². The molecule has 1 aromatic rings. The number of nitrogens with zero attached hydrogens (tertiary/aromatic N) is 1. The monoisotopic (exact) mass is 318 g/mol. The lowest BCUT2D eigenvalue weighted by molar-refractivity contribution is -0.117. The Morgan fingerprint density at radius 3 is 2.61 bits per heavy atom. The van der Waals surface area contributed by atoms with Gasteiger partial charge in [0.15, 0.2) is 0 Å². The molecular weight excluding hydrogens is 300 g/mol. The van der Waals surface area contributed by atoms with Crippen molar-refractivity contribution in [1.29, 1.82) is 0 Å². The van der Waals surface area contributed by atoms with Gasteiger partial charge in [-0.1, -0.05) is 34.9 Å². The highest BCUT2D eigenvalue weighted by Crippen LogP contribution is 2.26. The minimum Gasteiger partial charge on any atom is -0.384 e. The van der Waals surface area contributed by atoms with Gasteiger partial charge in [0.25, 0.3) is 0 Å². The van der Waals surface area contributed by atoms with E-state index < -0.39 is 4.32 Å². The molecule has 0 spiro atoms. The summed E-state index contributed by atoms with van der Waals surface area (Å²) in [6, 6.07) is 1.72. The molecule has 0 saturated carbocycles. The summed E-state index contributed by atoms with van der Waals surface area (Å²) in [5.74, 6) is 0.154. The van der Waals surface area contributed by atoms with E-state index in [4.69, 9.17) is 9.26 Å². The van der Waals surface area contributed by atoms with Crippen LogP contribution >= 0.6 is 15.9 Å². The number of anilines is 1. The number of carbonyl (C=O) groups excluding carboxylic acids is 1. The van der Waals surface area contributed by atoms with Crippen molar-refractivity contribution in [3.8, 4) is 0 Å². The minimum absolute atomic E-state index is 0.185. The van der Waals surface area contributed by atoms with Gasteiger partial charge in [0.2, 0.25) is 11.8 Å². The number of methoxy groups -OCH3 is 1. The molecule has 0 aliphatic heterocycles. The van der Waals surface area contributed by atoms with Gasteiger partial charge in [0.1, 0.15) is 0 Å². The van der Waals surface area contributed by atoms with Gasteiger partial charge in [0, 0.05) is 18.6 Å². The molecule has 0 unspecified atom stereocenters. The molecular formula is C12H19BrN2O3. The van der Waals surface area contributed by atoms with Gasteiger partial charge in [-0.3, -0.25) is 10.1 Å². The van der Waals surface area contributed by atoms with E-state index in [0.29, 0.717) is 12.5 Å². The van der Waals surface area contributed by atoms with Crippen LogP contribution in [0.1, 0.15) is 33.4 Å². The van der Waals surface area contributed by atoms with Crippen LogP contribution in [-0.4, -0.2) is 29.1 Å². The predicted molar refractivity (Wildman–Crippen MR) is 73.0 cm³/mol. The normalized spacial score (nSPS) is 12.6. The van der Waals surface area contributed by atoms with E-state index in [0.717, 1.165) is 5.69 Å². The Morgan fingerprint density at radius 2 is 2.11 bits per heavy atom. The van der Waals surface area contributed by atoms with Crippen molar-refractivity contribution in [3.05, 3.63) is 11.8 Å². The summed E-state index contributed by atoms with van der Waals surface area (Å²) >= 11 is 3.28. The Morgan fingerprint density at radius 1 is 1.50 bits per heavy atom. The second-order valence-electron chi connectivity index (χ2n) is 5.32. The molecule has 0 atom stereocenters. The molecule has 0 bridgehead atoms. The Labute approximate surface area is 115 Å². The lowest BCUT2D eigenvalue weighted by atomic mass is 9.90. The summed E-state index contributed by atoms with van der Waals surface area (Å²) in [4.78, 5) is 11.7. The first-order chi connectivity index (χ1) is 8.16. The number of aromatic nitrogens is 1. The number of alkyl halides is 1. The van der Waals surface area contributed by atoms with E-state index in [9.17, 15) is 4.79 Å². The molecule has 0 fully saturated rings. The van der Waals surface area contributed by atoms with Gasteiger partial charge in [-0.15, -0.1) is 0 Å². The van der Waals surface area contributed by atoms with Crippen LogP contribution in [0.25, 0.3) is 0 Å². The number of hydrogen-bond donors (Lipinski definition) is 1. The molecule has 1 rings (SSSR count). The topological polar surface area (TPSA) is 64.4 Å². The van der Waals surface area contributed by atoms with Gasteiger partial charge >= 0.3 is 0 Å². The molecule has 0 aliphatic rings. The van der Waals surface area contributed by atoms with E-state index in [-0.39, 0.29) is 11.3 Å². The minimum atomic E-state index is -0.651. The van der Waals surface area contributed by atoms with Crippen molar-refractivity contribution >= 4 is 27.7 Å². The fourth-order valence-corrected chi connectivity index (χ4v) is 1.45. The first-order valence-electron chi connectivity index (χ1n) is 5.63. The largest absolute Gasteiger partial charge is 0.384 e. The highest BCUT2D eigenvalue weighted by Gasteiger charge is 2.28. The number of hydrogen-bond acceptors (Lipinski definition) is 4. The second-order valence-corrected chi connectivity index (χ2v) is 7.30. The van der Waals surface area contributed by atoms with Gasteiger partial charge in [-0.2, -0.15) is 0 Å². The van der Waals surface area contributed by atoms with Crippen LogP contribution in [0.15, 0.2) is 10.6 Å². The van der Waals surface area contributed by atoms with Crippen molar-refractivity contribution < 1.29 is 14.1 Å². The molecule has 0 radical (unpaired) electrons. The van der Waals surface area contributed by atoms with Gasteiger partial charge in [0.05, 0.1) is 16.6 Å². The first-order valence-corrected chi connectivity index (χ1v) is 6.42. The summed E-state index contributed by atoms with van der Waals surface area (Å²) in [5.41, 5.74) is 0.484. The van der Waals surface area contributed by atoms with Crippen LogP contribution in [-0.2, 0) is 14.9 Å². The molecule has 0 saturated heterocycles. The molecule has 18 heavy (non-hydrogen) atoms. The van der Waals surface area contributed by atoms with Crippen LogP contribution < -0.4 is 5.32 Å². The number of halogens is 1. The van der Waals surface area contributed by atoms with Gasteiger partial charge in [-0.25, -0.2) is 0 Å². The third-order valence-electron chi connectivity index (χ3n) is 2.49. The standard InChI is InChI=1S/C12H19BrN2O3/c1-11(2,7-17-5)8-6-9(18-15-8)14-10(16)12(3,4)13/h6H,7H2,1-5H3,(H,14,16). The van der Waals surface area contributed by atoms with E-state index in [1.54, 1.807) is 27.0 Å². The summed E-state index contributed by atoms with van der Waals surface area (Å²) in [7, 11) is 1.64. The lowest BCUT2D eigenvalue weighted by Gasteiger charge is -2.19. The third-order valence-corrected chi connectivity index (χ3v) is 2.85. The zero-order valence-electron chi connectivity index (χ0n) is 11.3. The Bertz CT molecular complexity index is 421. The smallest absolute Gasteiger partial charge is 0.243 e. The van der Waals surface area contributed by atoms with E-state index in [1.807, 2.05) is 13.8 Å². The van der Waals surface area contributed by atoms with Crippen LogP contribution in [0.2, 0.25) is 0 Å². The fraction of sp³-hybridized carbons (Fsp3) is 0.667. The molecule has 0 aliphatic carbocycles. The van der Waals surface area contributed by atoms with Crippen molar-refractivity contribution in [2.75, 3.05) is 19.0 Å². The number of amides is 1. The molecule has 1 aromatic heterocycles. The zero-order valence-corrected chi connectivity index (χ0v) is 12.9. The maximum Gasteiger partial charge on any atom is 0.243 e. The van der Waals surface area contributed by atoms with Crippen LogP contribution in [0.3, 0.4) is 0 Å². The maximum absolute atomic E-state index is 11.7. The number of rotatable bonds is 5. The summed E-state index contributed by atoms with van der Waals surface area (Å²) in [6.45, 7) is 8.03. The zero-order chi connectivity index (χ0) is 14.0. The molecule has 1 N–H and O–H groups in total. The van der Waals surface area contributed by atoms with Crippen LogP contribution in [0.5, 0.6) is 0 Å². The quantitative estimate of drug-likeness (QED) is 0.848. The average molecular weight is 319 g/mol. The summed E-state index contributed by atoms with van der Waals surface area (Å²) < 4.78 is 9.58. The molecule has 1 amide bonds. The van der Waals surface area contributed by atoms with Crippen LogP contribution in [0.4, 0.5) is 5.88 Å². The SMILES string of the molecule is COCC(C)(C)c1cc(NC(=O)C(C)(C)Br)on1. The van der Waals surface area contributed by atoms with Gasteiger partial charge < -0.3 is 9.26 Å². The Kier molecular flexibility index (Phi) is 4.55. The van der Waals surface area contributed by atoms with Crippen LogP contribution in [0, 0.1) is 0 Å². The van der Waals surface area contributed by atoms with E-state index >= 15 is 0 Å². The predicted octanol–water partition coefficient (Wildman–Crippen LogP) is 2.71. The highest BCUT2D eigenvalue weighted by atomic mass is 79.9. The maximum atomic E-state index is 11.7. The molecule has 6 heteroatoms.